The second-order valence-corrected chi connectivity index (χ2v) is 3.51. The van der Waals surface area contributed by atoms with Gasteiger partial charge in [-0.3, -0.25) is 4.79 Å². The molecule has 0 saturated carbocycles. The van der Waals surface area contributed by atoms with Gasteiger partial charge >= 0.3 is 0 Å². The smallest absolute Gasteiger partial charge is 0.251 e. The lowest BCUT2D eigenvalue weighted by Gasteiger charge is -2.00. The Kier molecular flexibility index (Phi) is 5.28. The normalized spacial score (nSPS) is 10.4. The van der Waals surface area contributed by atoms with Crippen LogP contribution in [0.4, 0.5) is 0 Å². The van der Waals surface area contributed by atoms with E-state index in [-0.39, 0.29) is 12.2 Å². The number of hydrogen-bond donors (Lipinski definition) is 2. The molecular weight excluding hydrogens is 204 g/mol. The molecule has 0 saturated heterocycles. The molecule has 0 aliphatic heterocycles. The maximum Gasteiger partial charge on any atom is 0.251 e. The first kappa shape index (κ1) is 11.2. The van der Waals surface area contributed by atoms with Crippen molar-refractivity contribution >= 4 is 11.8 Å². The molecule has 6 heteroatoms. The average Bonchev–Trinajstić information content (AvgIpc) is 2.18. The van der Waals surface area contributed by atoms with Crippen LogP contribution in [0, 0.1) is 0 Å². The lowest BCUT2D eigenvalue weighted by molar-refractivity contribution is 0.103. The van der Waals surface area contributed by atoms with E-state index in [0.717, 1.165) is 0 Å². The minimum atomic E-state index is -0.154. The summed E-state index contributed by atoms with van der Waals surface area (Å²) in [4.78, 5) is 17.4. The van der Waals surface area contributed by atoms with Gasteiger partial charge in [-0.2, -0.15) is 0 Å². The van der Waals surface area contributed by atoms with Crippen LogP contribution in [-0.4, -0.2) is 40.6 Å². The second kappa shape index (κ2) is 6.58. The third-order valence-electron chi connectivity index (χ3n) is 1.35. The Morgan fingerprint density at radius 1 is 1.57 bits per heavy atom. The van der Waals surface area contributed by atoms with Gasteiger partial charge in [0.05, 0.1) is 19.8 Å². The van der Waals surface area contributed by atoms with Gasteiger partial charge in [-0.15, -0.1) is 0 Å². The van der Waals surface area contributed by atoms with Gasteiger partial charge in [-0.1, -0.05) is 11.8 Å². The predicted octanol–water partition coefficient (Wildman–Crippen LogP) is -0.129. The summed E-state index contributed by atoms with van der Waals surface area (Å²) in [6.07, 6.45) is 1.47. The largest absolute Gasteiger partial charge is 0.394 e. The van der Waals surface area contributed by atoms with Gasteiger partial charge < -0.3 is 14.8 Å². The van der Waals surface area contributed by atoms with Gasteiger partial charge in [0.15, 0.2) is 5.16 Å². The zero-order valence-corrected chi connectivity index (χ0v) is 8.42. The molecule has 0 radical (unpaired) electrons. The number of rotatable bonds is 6. The van der Waals surface area contributed by atoms with E-state index >= 15 is 0 Å². The Bertz CT molecular complexity index is 315. The molecule has 78 valence electrons. The standard InChI is InChI=1S/C8H12N2O3S/c11-3-4-13-5-6-14-8-9-2-1-7(12)10-8/h1-2,11H,3-6H2,(H,9,10,12). The molecule has 0 spiro atoms. The number of aliphatic hydroxyl groups is 1. The molecule has 0 amide bonds. The fourth-order valence-electron chi connectivity index (χ4n) is 0.789. The molecule has 14 heavy (non-hydrogen) atoms. The number of H-pyrrole nitrogens is 1. The van der Waals surface area contributed by atoms with E-state index in [4.69, 9.17) is 9.84 Å². The van der Waals surface area contributed by atoms with Gasteiger partial charge in [0.2, 0.25) is 0 Å². The van der Waals surface area contributed by atoms with Crippen molar-refractivity contribution in [3.05, 3.63) is 22.6 Å². The summed E-state index contributed by atoms with van der Waals surface area (Å²) in [5.41, 5.74) is -0.154. The third kappa shape index (κ3) is 4.40. The van der Waals surface area contributed by atoms with Gasteiger partial charge in [-0.05, 0) is 0 Å². The van der Waals surface area contributed by atoms with Gasteiger partial charge in [0.25, 0.3) is 5.56 Å². The summed E-state index contributed by atoms with van der Waals surface area (Å²) < 4.78 is 5.04. The quantitative estimate of drug-likeness (QED) is 0.393. The predicted molar refractivity (Wildman–Crippen MR) is 53.5 cm³/mol. The number of thioether (sulfide) groups is 1. The first-order valence-corrected chi connectivity index (χ1v) is 5.18. The molecule has 1 aromatic heterocycles. The fourth-order valence-corrected chi connectivity index (χ4v) is 1.49. The molecule has 0 aliphatic rings. The summed E-state index contributed by atoms with van der Waals surface area (Å²) in [6.45, 7) is 0.911. The first-order valence-electron chi connectivity index (χ1n) is 4.19. The van der Waals surface area contributed by atoms with Crippen LogP contribution < -0.4 is 5.56 Å². The Morgan fingerprint density at radius 3 is 3.14 bits per heavy atom. The maximum absolute atomic E-state index is 10.9. The molecule has 5 nitrogen and oxygen atoms in total. The number of aromatic nitrogens is 2. The number of nitrogens with zero attached hydrogens (tertiary/aromatic N) is 1. The summed E-state index contributed by atoms with van der Waals surface area (Å²) in [6, 6.07) is 1.37. The van der Waals surface area contributed by atoms with Crippen molar-refractivity contribution in [1.82, 2.24) is 9.97 Å². The van der Waals surface area contributed by atoms with Crippen LogP contribution in [0.25, 0.3) is 0 Å². The number of hydrogen-bond acceptors (Lipinski definition) is 5. The van der Waals surface area contributed by atoms with E-state index in [1.807, 2.05) is 0 Å². The minimum absolute atomic E-state index is 0.0328. The van der Waals surface area contributed by atoms with Gasteiger partial charge in [-0.25, -0.2) is 4.98 Å². The molecule has 0 aromatic carbocycles. The van der Waals surface area contributed by atoms with Crippen molar-refractivity contribution in [3.8, 4) is 0 Å². The highest BCUT2D eigenvalue weighted by atomic mass is 32.2. The van der Waals surface area contributed by atoms with Crippen LogP contribution in [-0.2, 0) is 4.74 Å². The van der Waals surface area contributed by atoms with Gasteiger partial charge in [0.1, 0.15) is 0 Å². The van der Waals surface area contributed by atoms with E-state index < -0.39 is 0 Å². The first-order chi connectivity index (χ1) is 6.83. The van der Waals surface area contributed by atoms with E-state index in [2.05, 4.69) is 9.97 Å². The molecule has 0 fully saturated rings. The molecule has 1 heterocycles. The Hall–Kier alpha value is -0.850. The minimum Gasteiger partial charge on any atom is -0.394 e. The zero-order chi connectivity index (χ0) is 10.2. The monoisotopic (exact) mass is 216 g/mol. The molecular formula is C8H12N2O3S. The van der Waals surface area contributed by atoms with Crippen LogP contribution in [0.2, 0.25) is 0 Å². The number of aromatic amines is 1. The highest BCUT2D eigenvalue weighted by Crippen LogP contribution is 2.08. The maximum atomic E-state index is 10.9. The number of nitrogens with one attached hydrogen (secondary N) is 1. The van der Waals surface area contributed by atoms with E-state index in [1.165, 1.54) is 24.0 Å². The van der Waals surface area contributed by atoms with Crippen molar-refractivity contribution in [2.24, 2.45) is 0 Å². The molecule has 1 rings (SSSR count). The van der Waals surface area contributed by atoms with Crippen LogP contribution in [0.1, 0.15) is 0 Å². The molecule has 0 unspecified atom stereocenters. The summed E-state index contributed by atoms with van der Waals surface area (Å²) in [5, 5.41) is 9.02. The van der Waals surface area contributed by atoms with Crippen LogP contribution >= 0.6 is 11.8 Å². The van der Waals surface area contributed by atoms with Crippen LogP contribution in [0.15, 0.2) is 22.2 Å². The van der Waals surface area contributed by atoms with Crippen molar-refractivity contribution in [2.45, 2.75) is 5.16 Å². The van der Waals surface area contributed by atoms with E-state index in [1.54, 1.807) is 0 Å². The second-order valence-electron chi connectivity index (χ2n) is 2.42. The highest BCUT2D eigenvalue weighted by Gasteiger charge is 1.95. The highest BCUT2D eigenvalue weighted by molar-refractivity contribution is 7.99. The summed E-state index contributed by atoms with van der Waals surface area (Å²) in [7, 11) is 0. The zero-order valence-electron chi connectivity index (χ0n) is 7.60. The van der Waals surface area contributed by atoms with E-state index in [9.17, 15) is 4.79 Å². The SMILES string of the molecule is O=c1ccnc(SCCOCCO)[nH]1. The number of ether oxygens (including phenoxy) is 1. The topological polar surface area (TPSA) is 75.2 Å². The van der Waals surface area contributed by atoms with E-state index in [0.29, 0.717) is 24.1 Å². The van der Waals surface area contributed by atoms with Crippen LogP contribution in [0.3, 0.4) is 0 Å². The molecule has 0 bridgehead atoms. The van der Waals surface area contributed by atoms with Gasteiger partial charge in [0, 0.05) is 18.0 Å². The van der Waals surface area contributed by atoms with Crippen molar-refractivity contribution in [3.63, 3.8) is 0 Å². The Morgan fingerprint density at radius 2 is 2.43 bits per heavy atom. The molecule has 0 aliphatic carbocycles. The fraction of sp³-hybridized carbons (Fsp3) is 0.500. The van der Waals surface area contributed by atoms with Crippen molar-refractivity contribution in [2.75, 3.05) is 25.6 Å². The molecule has 1 aromatic rings. The number of aliphatic hydroxyl groups excluding tert-OH is 1. The Labute approximate surface area is 85.5 Å². The summed E-state index contributed by atoms with van der Waals surface area (Å²) >= 11 is 1.41. The molecule has 2 N–H and O–H groups in total. The van der Waals surface area contributed by atoms with Crippen molar-refractivity contribution < 1.29 is 9.84 Å². The Balaban J connectivity index is 2.21. The lowest BCUT2D eigenvalue weighted by Crippen LogP contribution is -2.07. The van der Waals surface area contributed by atoms with Crippen LogP contribution in [0.5, 0.6) is 0 Å². The molecule has 0 atom stereocenters. The third-order valence-corrected chi connectivity index (χ3v) is 2.20. The average molecular weight is 216 g/mol. The lowest BCUT2D eigenvalue weighted by atomic mass is 10.7. The summed E-state index contributed by atoms with van der Waals surface area (Å²) in [5.74, 6) is 0.701. The van der Waals surface area contributed by atoms with Crippen molar-refractivity contribution in [1.29, 1.82) is 0 Å².